The molecule has 0 atom stereocenters. The zero-order valence-corrected chi connectivity index (χ0v) is 8.45. The van der Waals surface area contributed by atoms with Gasteiger partial charge in [-0.25, -0.2) is 0 Å². The van der Waals surface area contributed by atoms with Gasteiger partial charge < -0.3 is 7.13 Å². The second-order valence-corrected chi connectivity index (χ2v) is 0. The summed E-state index contributed by atoms with van der Waals surface area (Å²) in [5.41, 5.74) is 0. The van der Waals surface area contributed by atoms with Gasteiger partial charge in [0, 0.05) is 0 Å². The first kappa shape index (κ1) is 28.2. The number of rotatable bonds is 0. The summed E-state index contributed by atoms with van der Waals surface area (Å²) in [6.07, 6.45) is 0. The van der Waals surface area contributed by atoms with Crippen molar-refractivity contribution in [3.05, 3.63) is 0 Å². The summed E-state index contributed by atoms with van der Waals surface area (Å²) in [4.78, 5) is 0. The molecule has 4 heavy (non-hydrogen) atoms. The van der Waals surface area contributed by atoms with Gasteiger partial charge in [0.05, 0.1) is 0 Å². The van der Waals surface area contributed by atoms with Gasteiger partial charge in [-0.05, 0) is 0 Å². The molecule has 0 fully saturated rings. The van der Waals surface area contributed by atoms with Crippen molar-refractivity contribution in [1.82, 2.24) is 0 Å². The first-order chi connectivity index (χ1) is 0. The van der Waals surface area contributed by atoms with Crippen LogP contribution in [-0.4, -0.2) is 60.8 Å². The Hall–Kier alpha value is 2.96. The molecule has 0 aliphatic heterocycles. The summed E-state index contributed by atoms with van der Waals surface area (Å²) in [7, 11) is 0. The van der Waals surface area contributed by atoms with Crippen molar-refractivity contribution in [1.29, 1.82) is 0 Å². The van der Waals surface area contributed by atoms with Crippen molar-refractivity contribution in [3.8, 4) is 0 Å². The standard InChI is InChI=1S/Ca.FH.Mg.Na.5H/h;1H;;;;;;;/q+2;;+2;+1;5*-1. The third-order valence-corrected chi connectivity index (χ3v) is 0. The van der Waals surface area contributed by atoms with Gasteiger partial charge in [-0.1, -0.05) is 0 Å². The molecule has 4 heteroatoms. The van der Waals surface area contributed by atoms with Gasteiger partial charge in [-0.15, -0.1) is 0 Å². The van der Waals surface area contributed by atoms with E-state index in [1.165, 1.54) is 0 Å². The number of hydrogen-bond acceptors (Lipinski definition) is 0. The predicted molar refractivity (Wildman–Crippen MR) is 19.6 cm³/mol. The molecule has 0 saturated carbocycles. The fraction of sp³-hybridized carbons (Fsp3) is 0. The molecule has 0 heterocycles. The van der Waals surface area contributed by atoms with Crippen molar-refractivity contribution >= 4 is 60.8 Å². The van der Waals surface area contributed by atoms with Crippen LogP contribution in [0.5, 0.6) is 0 Å². The van der Waals surface area contributed by atoms with Gasteiger partial charge in [0.15, 0.2) is 0 Å². The molecule has 0 N–H and O–H groups in total. The minimum atomic E-state index is 0. The van der Waals surface area contributed by atoms with Crippen molar-refractivity contribution in [2.45, 2.75) is 0 Å². The van der Waals surface area contributed by atoms with Crippen molar-refractivity contribution < 1.29 is 41.4 Å². The second kappa shape index (κ2) is 16.7. The molecule has 0 aromatic heterocycles. The number of halogens is 1. The quantitative estimate of drug-likeness (QED) is 0.292. The zero-order chi connectivity index (χ0) is 0. The van der Waals surface area contributed by atoms with Crippen LogP contribution in [0.15, 0.2) is 0 Å². The smallest absolute Gasteiger partial charge is 1.00 e. The minimum Gasteiger partial charge on any atom is -1.00 e. The average Bonchev–Trinajstić information content (AvgIpc) is 0. The van der Waals surface area contributed by atoms with E-state index < -0.39 is 0 Å². The van der Waals surface area contributed by atoms with Crippen LogP contribution in [0.25, 0.3) is 0 Å². The van der Waals surface area contributed by atoms with Crippen LogP contribution in [0.3, 0.4) is 0 Å². The predicted octanol–water partition coefficient (Wildman–Crippen LogP) is -3.04. The van der Waals surface area contributed by atoms with E-state index in [2.05, 4.69) is 0 Å². The van der Waals surface area contributed by atoms with Crippen LogP contribution >= 0.6 is 0 Å². The average molecular weight is 112 g/mol. The molecule has 0 bridgehead atoms. The normalized spacial score (nSPS) is 0. The van der Waals surface area contributed by atoms with Crippen LogP contribution in [0.1, 0.15) is 7.13 Å². The summed E-state index contributed by atoms with van der Waals surface area (Å²) in [5, 5.41) is 0. The van der Waals surface area contributed by atoms with Gasteiger partial charge in [-0.2, -0.15) is 0 Å². The topological polar surface area (TPSA) is 0 Å². The molecule has 0 aliphatic rings. The molecular weight excluding hydrogens is 106 g/mol. The van der Waals surface area contributed by atoms with Crippen LogP contribution in [-0.2, 0) is 0 Å². The Morgan fingerprint density at radius 2 is 1.25 bits per heavy atom. The largest absolute Gasteiger partial charge is 2.00 e. The maximum absolute atomic E-state index is 0. The fourth-order valence-electron chi connectivity index (χ4n) is 0. The Kier molecular flexibility index (Phi) is 118. The van der Waals surface area contributed by atoms with E-state index in [1.54, 1.807) is 0 Å². The summed E-state index contributed by atoms with van der Waals surface area (Å²) < 4.78 is 0. The number of hydrogen-bond donors (Lipinski definition) is 0. The molecule has 0 spiro atoms. The van der Waals surface area contributed by atoms with Crippen LogP contribution < -0.4 is 29.6 Å². The van der Waals surface area contributed by atoms with Gasteiger partial charge in [0.1, 0.15) is 0 Å². The summed E-state index contributed by atoms with van der Waals surface area (Å²) in [6.45, 7) is 0. The van der Waals surface area contributed by atoms with E-state index >= 15 is 0 Å². The maximum Gasteiger partial charge on any atom is 2.00 e. The first-order valence-corrected chi connectivity index (χ1v) is 0. The monoisotopic (exact) mass is 112 g/mol. The third-order valence-electron chi connectivity index (χ3n) is 0. The maximum atomic E-state index is 0. The Morgan fingerprint density at radius 1 is 1.25 bits per heavy atom. The Labute approximate surface area is 100 Å². The third kappa shape index (κ3) is 8.88. The zero-order valence-electron chi connectivity index (χ0n) is 7.82. The van der Waals surface area contributed by atoms with E-state index in [1.807, 2.05) is 0 Å². The Bertz CT molecular complexity index is 16.9. The summed E-state index contributed by atoms with van der Waals surface area (Å²) >= 11 is 0. The molecule has 0 rings (SSSR count). The van der Waals surface area contributed by atoms with E-state index in [0.29, 0.717) is 0 Å². The Morgan fingerprint density at radius 3 is 1.25 bits per heavy atom. The van der Waals surface area contributed by atoms with E-state index in [4.69, 9.17) is 0 Å². The van der Waals surface area contributed by atoms with E-state index in [0.717, 1.165) is 0 Å². The Balaban J connectivity index is 0. The second-order valence-electron chi connectivity index (χ2n) is 0. The van der Waals surface area contributed by atoms with Gasteiger partial charge in [0.25, 0.3) is 0 Å². The van der Waals surface area contributed by atoms with Gasteiger partial charge >= 0.3 is 90.3 Å². The molecule has 18 valence electrons. The molecule has 0 unspecified atom stereocenters. The molecule has 0 saturated heterocycles. The molecule has 0 aromatic rings. The molecule has 0 aliphatic carbocycles. The first-order valence-electron chi connectivity index (χ1n) is 0. The van der Waals surface area contributed by atoms with Crippen molar-refractivity contribution in [2.24, 2.45) is 0 Å². The molecule has 0 amide bonds. The molecular formula is H6CaFMgNa. The van der Waals surface area contributed by atoms with Gasteiger partial charge in [0.2, 0.25) is 0 Å². The SMILES string of the molecule is F.[Ca+2].[H-].[H-].[H-].[H-].[H-].[Mg+2].[Na+]. The van der Waals surface area contributed by atoms with Crippen molar-refractivity contribution in [2.75, 3.05) is 0 Å². The molecule has 0 aromatic carbocycles. The van der Waals surface area contributed by atoms with Crippen LogP contribution in [0, 0.1) is 0 Å². The molecule has 0 nitrogen and oxygen atoms in total. The molecule has 0 radical (unpaired) electrons. The van der Waals surface area contributed by atoms with Gasteiger partial charge in [-0.3, -0.25) is 4.70 Å². The van der Waals surface area contributed by atoms with Crippen LogP contribution in [0.4, 0.5) is 4.70 Å². The minimum absolute atomic E-state index is 0. The summed E-state index contributed by atoms with van der Waals surface area (Å²) in [6, 6.07) is 0. The van der Waals surface area contributed by atoms with E-state index in [-0.39, 0.29) is 102 Å². The van der Waals surface area contributed by atoms with E-state index in [9.17, 15) is 0 Å². The fourth-order valence-corrected chi connectivity index (χ4v) is 0. The van der Waals surface area contributed by atoms with Crippen LogP contribution in [0.2, 0.25) is 0 Å². The van der Waals surface area contributed by atoms with Crippen molar-refractivity contribution in [3.63, 3.8) is 0 Å². The summed E-state index contributed by atoms with van der Waals surface area (Å²) in [5.74, 6) is 0.